The molecule has 6 nitrogen and oxygen atoms in total. The van der Waals surface area contributed by atoms with Crippen LogP contribution in [0.2, 0.25) is 0 Å². The van der Waals surface area contributed by atoms with E-state index in [2.05, 4.69) is 10.1 Å². The van der Waals surface area contributed by atoms with Crippen molar-refractivity contribution in [2.45, 2.75) is 31.7 Å². The van der Waals surface area contributed by atoms with Crippen molar-refractivity contribution in [3.8, 4) is 0 Å². The molecular weight excluding hydrogens is 272 g/mol. The molecule has 1 unspecified atom stereocenters. The molecule has 1 atom stereocenters. The van der Waals surface area contributed by atoms with Crippen LogP contribution in [0.15, 0.2) is 18.2 Å². The van der Waals surface area contributed by atoms with E-state index in [-0.39, 0.29) is 17.3 Å². The van der Waals surface area contributed by atoms with Crippen molar-refractivity contribution >= 4 is 11.7 Å². The summed E-state index contributed by atoms with van der Waals surface area (Å²) in [7, 11) is 1.27. The highest BCUT2D eigenvalue weighted by Gasteiger charge is 2.46. The van der Waals surface area contributed by atoms with Crippen LogP contribution in [0.5, 0.6) is 0 Å². The van der Waals surface area contributed by atoms with Gasteiger partial charge in [-0.3, -0.25) is 10.1 Å². The Hall–Kier alpha value is -1.95. The fourth-order valence-corrected chi connectivity index (χ4v) is 3.21. The first-order valence-electron chi connectivity index (χ1n) is 7.15. The maximum atomic E-state index is 11.5. The SMILES string of the molecule is COC(=O)c1ccc(C2CC3(CCN2)CC3)c([N+](=O)[O-])c1. The zero-order valence-electron chi connectivity index (χ0n) is 11.9. The Bertz CT molecular complexity index is 595. The average Bonchev–Trinajstić information content (AvgIpc) is 3.24. The summed E-state index contributed by atoms with van der Waals surface area (Å²) < 4.78 is 4.62. The van der Waals surface area contributed by atoms with Gasteiger partial charge in [-0.25, -0.2) is 4.79 Å². The van der Waals surface area contributed by atoms with Crippen LogP contribution in [-0.4, -0.2) is 24.5 Å². The Morgan fingerprint density at radius 2 is 2.19 bits per heavy atom. The summed E-state index contributed by atoms with van der Waals surface area (Å²) in [6, 6.07) is 4.60. The molecule has 2 fully saturated rings. The van der Waals surface area contributed by atoms with Crippen molar-refractivity contribution in [2.24, 2.45) is 5.41 Å². The summed E-state index contributed by atoms with van der Waals surface area (Å²) in [6.45, 7) is 0.889. The molecule has 1 aliphatic heterocycles. The predicted molar refractivity (Wildman–Crippen MR) is 76.1 cm³/mol. The molecule has 1 aromatic carbocycles. The Balaban J connectivity index is 1.93. The summed E-state index contributed by atoms with van der Waals surface area (Å²) in [6.07, 6.45) is 4.53. The first-order valence-corrected chi connectivity index (χ1v) is 7.15. The maximum Gasteiger partial charge on any atom is 0.338 e. The Morgan fingerprint density at radius 3 is 2.81 bits per heavy atom. The first-order chi connectivity index (χ1) is 10.0. The lowest BCUT2D eigenvalue weighted by atomic mass is 9.85. The van der Waals surface area contributed by atoms with E-state index >= 15 is 0 Å². The van der Waals surface area contributed by atoms with Crippen LogP contribution < -0.4 is 5.32 Å². The first kappa shape index (κ1) is 14.0. The molecule has 3 rings (SSSR count). The van der Waals surface area contributed by atoms with Crippen LogP contribution in [0, 0.1) is 15.5 Å². The molecule has 0 amide bonds. The molecule has 1 spiro atoms. The van der Waals surface area contributed by atoms with Gasteiger partial charge in [-0.05, 0) is 49.8 Å². The molecule has 1 aliphatic carbocycles. The van der Waals surface area contributed by atoms with Crippen molar-refractivity contribution < 1.29 is 14.5 Å². The third-order valence-corrected chi connectivity index (χ3v) is 4.66. The minimum absolute atomic E-state index is 0.00616. The van der Waals surface area contributed by atoms with Gasteiger partial charge in [-0.15, -0.1) is 0 Å². The number of hydrogen-bond acceptors (Lipinski definition) is 5. The minimum Gasteiger partial charge on any atom is -0.465 e. The van der Waals surface area contributed by atoms with Crippen LogP contribution in [0.4, 0.5) is 5.69 Å². The molecule has 112 valence electrons. The summed E-state index contributed by atoms with van der Waals surface area (Å²) >= 11 is 0. The number of esters is 1. The molecule has 1 saturated heterocycles. The number of piperidine rings is 1. The van der Waals surface area contributed by atoms with Crippen molar-refractivity contribution in [3.63, 3.8) is 0 Å². The van der Waals surface area contributed by atoms with Gasteiger partial charge >= 0.3 is 5.97 Å². The molecule has 1 heterocycles. The lowest BCUT2D eigenvalue weighted by Crippen LogP contribution is -2.33. The van der Waals surface area contributed by atoms with Gasteiger partial charge in [0, 0.05) is 17.7 Å². The summed E-state index contributed by atoms with van der Waals surface area (Å²) in [4.78, 5) is 22.4. The number of ether oxygens (including phenoxy) is 1. The van der Waals surface area contributed by atoms with Gasteiger partial charge < -0.3 is 10.1 Å². The van der Waals surface area contributed by atoms with Crippen LogP contribution in [-0.2, 0) is 4.74 Å². The number of nitro benzene ring substituents is 1. The number of carbonyl (C=O) groups is 1. The van der Waals surface area contributed by atoms with Crippen LogP contribution in [0.25, 0.3) is 0 Å². The standard InChI is InChI=1S/C15H18N2O4/c1-21-14(18)10-2-3-11(13(8-10)17(19)20)12-9-15(4-5-15)6-7-16-12/h2-3,8,12,16H,4-7,9H2,1H3. The Morgan fingerprint density at radius 1 is 1.43 bits per heavy atom. The summed E-state index contributed by atoms with van der Waals surface area (Å²) in [5.41, 5.74) is 1.27. The number of nitrogens with zero attached hydrogens (tertiary/aromatic N) is 1. The second-order valence-electron chi connectivity index (χ2n) is 5.98. The van der Waals surface area contributed by atoms with E-state index in [0.717, 1.165) is 19.4 Å². The van der Waals surface area contributed by atoms with Gasteiger partial charge in [0.1, 0.15) is 0 Å². The second kappa shape index (κ2) is 5.11. The van der Waals surface area contributed by atoms with Crippen LogP contribution in [0.3, 0.4) is 0 Å². The van der Waals surface area contributed by atoms with E-state index in [1.165, 1.54) is 26.0 Å². The van der Waals surface area contributed by atoms with E-state index in [0.29, 0.717) is 11.0 Å². The van der Waals surface area contributed by atoms with Crippen LogP contribution >= 0.6 is 0 Å². The van der Waals surface area contributed by atoms with Gasteiger partial charge in [0.25, 0.3) is 5.69 Å². The molecule has 2 aliphatic rings. The minimum atomic E-state index is -0.556. The normalized spacial score (nSPS) is 22.8. The number of nitrogens with one attached hydrogen (secondary N) is 1. The van der Waals surface area contributed by atoms with E-state index in [1.54, 1.807) is 12.1 Å². The lowest BCUT2D eigenvalue weighted by molar-refractivity contribution is -0.385. The molecular formula is C15H18N2O4. The van der Waals surface area contributed by atoms with Crippen molar-refractivity contribution in [2.75, 3.05) is 13.7 Å². The third-order valence-electron chi connectivity index (χ3n) is 4.66. The number of methoxy groups -OCH3 is 1. The number of benzene rings is 1. The number of hydrogen-bond donors (Lipinski definition) is 1. The zero-order valence-corrected chi connectivity index (χ0v) is 11.9. The second-order valence-corrected chi connectivity index (χ2v) is 5.98. The number of rotatable bonds is 3. The topological polar surface area (TPSA) is 81.5 Å². The zero-order chi connectivity index (χ0) is 15.0. The predicted octanol–water partition coefficient (Wildman–Crippen LogP) is 2.59. The van der Waals surface area contributed by atoms with E-state index < -0.39 is 10.9 Å². The fourth-order valence-electron chi connectivity index (χ4n) is 3.21. The molecule has 1 N–H and O–H groups in total. The molecule has 1 aromatic rings. The summed E-state index contributed by atoms with van der Waals surface area (Å²) in [5, 5.41) is 14.7. The van der Waals surface area contributed by atoms with Crippen molar-refractivity contribution in [1.82, 2.24) is 5.32 Å². The van der Waals surface area contributed by atoms with Crippen molar-refractivity contribution in [1.29, 1.82) is 0 Å². The maximum absolute atomic E-state index is 11.5. The van der Waals surface area contributed by atoms with E-state index in [9.17, 15) is 14.9 Å². The number of carbonyl (C=O) groups excluding carboxylic acids is 1. The average molecular weight is 290 g/mol. The van der Waals surface area contributed by atoms with E-state index in [1.807, 2.05) is 0 Å². The molecule has 21 heavy (non-hydrogen) atoms. The van der Waals surface area contributed by atoms with E-state index in [4.69, 9.17) is 0 Å². The highest BCUT2D eigenvalue weighted by molar-refractivity contribution is 5.90. The van der Waals surface area contributed by atoms with Gasteiger partial charge in [0.2, 0.25) is 0 Å². The monoisotopic (exact) mass is 290 g/mol. The fraction of sp³-hybridized carbons (Fsp3) is 0.533. The highest BCUT2D eigenvalue weighted by Crippen LogP contribution is 2.56. The smallest absolute Gasteiger partial charge is 0.338 e. The number of nitro groups is 1. The van der Waals surface area contributed by atoms with Gasteiger partial charge in [-0.2, -0.15) is 0 Å². The molecule has 0 radical (unpaired) electrons. The Kier molecular flexibility index (Phi) is 3.41. The molecule has 1 saturated carbocycles. The molecule has 0 aromatic heterocycles. The van der Waals surface area contributed by atoms with Crippen LogP contribution in [0.1, 0.15) is 47.6 Å². The summed E-state index contributed by atoms with van der Waals surface area (Å²) in [5.74, 6) is -0.556. The lowest BCUT2D eigenvalue weighted by Gasteiger charge is -2.30. The Labute approximate surface area is 122 Å². The van der Waals surface area contributed by atoms with Gasteiger partial charge in [-0.1, -0.05) is 0 Å². The molecule has 0 bridgehead atoms. The van der Waals surface area contributed by atoms with Gasteiger partial charge in [0.05, 0.1) is 17.6 Å². The third kappa shape index (κ3) is 2.63. The molecule has 6 heteroatoms. The van der Waals surface area contributed by atoms with Gasteiger partial charge in [0.15, 0.2) is 0 Å². The highest BCUT2D eigenvalue weighted by atomic mass is 16.6. The largest absolute Gasteiger partial charge is 0.465 e. The van der Waals surface area contributed by atoms with Crippen molar-refractivity contribution in [3.05, 3.63) is 39.4 Å². The quantitative estimate of drug-likeness (QED) is 0.525.